The Labute approximate surface area is 174 Å². The minimum Gasteiger partial charge on any atom is -0.399 e. The Morgan fingerprint density at radius 2 is 1.90 bits per heavy atom. The lowest BCUT2D eigenvalue weighted by molar-refractivity contribution is -0.139. The van der Waals surface area contributed by atoms with E-state index in [-0.39, 0.29) is 16.7 Å². The van der Waals surface area contributed by atoms with Crippen LogP contribution in [0.1, 0.15) is 44.3 Å². The van der Waals surface area contributed by atoms with Crippen molar-refractivity contribution in [1.29, 1.82) is 0 Å². The highest BCUT2D eigenvalue weighted by atomic mass is 28.4. The van der Waals surface area contributed by atoms with Crippen LogP contribution in [0.5, 0.6) is 0 Å². The van der Waals surface area contributed by atoms with Gasteiger partial charge in [0, 0.05) is 12.7 Å². The van der Waals surface area contributed by atoms with Gasteiger partial charge in [-0.25, -0.2) is 4.98 Å². The summed E-state index contributed by atoms with van der Waals surface area (Å²) in [5, 5.41) is -0.00101. The van der Waals surface area contributed by atoms with E-state index in [4.69, 9.17) is 9.42 Å². The maximum absolute atomic E-state index is 14.1. The van der Waals surface area contributed by atoms with Gasteiger partial charge in [0.2, 0.25) is 0 Å². The van der Waals surface area contributed by atoms with E-state index in [1.807, 2.05) is 43.5 Å². The molecule has 0 N–H and O–H groups in total. The summed E-state index contributed by atoms with van der Waals surface area (Å²) in [7, 11) is -2.22. The molecule has 0 saturated heterocycles. The van der Waals surface area contributed by atoms with Gasteiger partial charge in [-0.1, -0.05) is 51.1 Å². The molecule has 2 aliphatic rings. The summed E-state index contributed by atoms with van der Waals surface area (Å²) >= 11 is 0. The third-order valence-electron chi connectivity index (χ3n) is 6.78. The first-order valence-electron chi connectivity index (χ1n) is 10.4. The predicted molar refractivity (Wildman–Crippen MR) is 118 cm³/mol. The van der Waals surface area contributed by atoms with Crippen LogP contribution in [-0.4, -0.2) is 35.9 Å². The number of aliphatic imine (C=N–C) groups is 1. The van der Waals surface area contributed by atoms with Gasteiger partial charge in [-0.15, -0.1) is 0 Å². The van der Waals surface area contributed by atoms with Gasteiger partial charge < -0.3 is 8.99 Å². The number of nitrogens with zero attached hydrogens (tertiary/aromatic N) is 3. The molecule has 1 aromatic heterocycles. The summed E-state index contributed by atoms with van der Waals surface area (Å²) in [6.45, 7) is 14.1. The summed E-state index contributed by atoms with van der Waals surface area (Å²) < 4.78 is 9.05. The number of hydrogen-bond acceptors (Lipinski definition) is 4. The summed E-state index contributed by atoms with van der Waals surface area (Å²) in [6, 6.07) is 9.97. The van der Waals surface area contributed by atoms with E-state index < -0.39 is 13.9 Å². The van der Waals surface area contributed by atoms with E-state index in [9.17, 15) is 4.79 Å². The normalized spacial score (nSPS) is 24.7. The van der Waals surface area contributed by atoms with Gasteiger partial charge in [0.05, 0.1) is 23.9 Å². The molecule has 0 saturated carbocycles. The molecular weight excluding hydrogens is 378 g/mol. The molecule has 2 aromatic rings. The molecule has 0 radical (unpaired) electrons. The molecule has 0 aliphatic carbocycles. The van der Waals surface area contributed by atoms with Crippen molar-refractivity contribution in [2.75, 3.05) is 6.54 Å². The fourth-order valence-corrected chi connectivity index (χ4v) is 5.61. The van der Waals surface area contributed by atoms with E-state index in [0.717, 1.165) is 35.8 Å². The maximum atomic E-state index is 14.1. The third-order valence-corrected chi connectivity index (χ3v) is 11.2. The van der Waals surface area contributed by atoms with Crippen molar-refractivity contribution in [2.45, 2.75) is 64.4 Å². The fraction of sp³-hybridized carbons (Fsp3) is 0.522. The zero-order valence-electron chi connectivity index (χ0n) is 18.3. The van der Waals surface area contributed by atoms with Crippen LogP contribution < -0.4 is 0 Å². The molecule has 6 heteroatoms. The lowest BCUT2D eigenvalue weighted by atomic mass is 9.76. The van der Waals surface area contributed by atoms with Crippen molar-refractivity contribution in [3.05, 3.63) is 53.6 Å². The minimum atomic E-state index is -2.22. The topological polar surface area (TPSA) is 56.5 Å². The lowest BCUT2D eigenvalue weighted by Crippen LogP contribution is -2.58. The second kappa shape index (κ2) is 6.74. The van der Waals surface area contributed by atoms with Gasteiger partial charge in [-0.3, -0.25) is 9.79 Å². The van der Waals surface area contributed by atoms with Crippen LogP contribution in [0.15, 0.2) is 41.5 Å². The zero-order chi connectivity index (χ0) is 21.0. The summed E-state index contributed by atoms with van der Waals surface area (Å²) in [5.74, 6) is 0.731. The molecule has 154 valence electrons. The predicted octanol–water partition coefficient (Wildman–Crippen LogP) is 4.50. The molecule has 2 atom stereocenters. The number of rotatable bonds is 3. The number of hydrogen-bond donors (Lipinski definition) is 0. The summed E-state index contributed by atoms with van der Waals surface area (Å²) in [6.07, 6.45) is 2.79. The number of aromatic nitrogens is 2. The van der Waals surface area contributed by atoms with Gasteiger partial charge in [-0.2, -0.15) is 0 Å². The molecule has 2 aliphatic heterocycles. The number of Topliss-reactive ketones (excluding diaryl/α,β-unsaturated/α-hetero) is 1. The Morgan fingerprint density at radius 3 is 2.55 bits per heavy atom. The van der Waals surface area contributed by atoms with Crippen molar-refractivity contribution in [2.24, 2.45) is 10.9 Å². The molecule has 0 fully saturated rings. The van der Waals surface area contributed by atoms with Crippen LogP contribution in [0.3, 0.4) is 0 Å². The van der Waals surface area contributed by atoms with Crippen LogP contribution in [0.2, 0.25) is 18.1 Å². The molecule has 0 amide bonds. The van der Waals surface area contributed by atoms with Crippen molar-refractivity contribution in [3.8, 4) is 0 Å². The van der Waals surface area contributed by atoms with Gasteiger partial charge in [0.25, 0.3) is 0 Å². The van der Waals surface area contributed by atoms with E-state index in [0.29, 0.717) is 6.54 Å². The van der Waals surface area contributed by atoms with E-state index in [1.54, 1.807) is 0 Å². The first-order chi connectivity index (χ1) is 13.6. The number of carbonyl (C=O) groups is 1. The summed E-state index contributed by atoms with van der Waals surface area (Å²) in [4.78, 5) is 23.7. The Morgan fingerprint density at radius 1 is 1.21 bits per heavy atom. The van der Waals surface area contributed by atoms with Crippen LogP contribution >= 0.6 is 0 Å². The number of benzene rings is 1. The van der Waals surface area contributed by atoms with Crippen molar-refractivity contribution < 1.29 is 9.22 Å². The average Bonchev–Trinajstić information content (AvgIpc) is 3.04. The Balaban J connectivity index is 1.84. The second-order valence-corrected chi connectivity index (χ2v) is 14.6. The van der Waals surface area contributed by atoms with E-state index >= 15 is 0 Å². The van der Waals surface area contributed by atoms with Gasteiger partial charge >= 0.3 is 0 Å². The smallest absolute Gasteiger partial charge is 0.193 e. The van der Waals surface area contributed by atoms with Crippen molar-refractivity contribution in [1.82, 2.24) is 9.55 Å². The van der Waals surface area contributed by atoms with E-state index in [2.05, 4.69) is 43.4 Å². The number of aryl methyl sites for hydroxylation is 2. The average molecular weight is 410 g/mol. The minimum absolute atomic E-state index is 0.00101. The zero-order valence-corrected chi connectivity index (χ0v) is 19.3. The second-order valence-electron chi connectivity index (χ2n) is 9.86. The SMILES string of the molecule is Cc1cn2c(n1)C1=NC[C@](O[Si](C)(C)C(C)(C)C)(c3ccccc3)C(=O)C1CC2. The monoisotopic (exact) mass is 409 g/mol. The lowest BCUT2D eigenvalue weighted by Gasteiger charge is -2.47. The van der Waals surface area contributed by atoms with Crippen LogP contribution in [0.25, 0.3) is 0 Å². The number of ketones is 1. The van der Waals surface area contributed by atoms with Gasteiger partial charge in [0.15, 0.2) is 25.5 Å². The Bertz CT molecular complexity index is 972. The first-order valence-corrected chi connectivity index (χ1v) is 13.3. The molecule has 29 heavy (non-hydrogen) atoms. The molecule has 0 spiro atoms. The highest BCUT2D eigenvalue weighted by Crippen LogP contribution is 2.45. The molecule has 3 heterocycles. The van der Waals surface area contributed by atoms with Crippen LogP contribution in [0.4, 0.5) is 0 Å². The highest BCUT2D eigenvalue weighted by Gasteiger charge is 2.54. The van der Waals surface area contributed by atoms with E-state index in [1.165, 1.54) is 0 Å². The fourth-order valence-electron chi connectivity index (χ4n) is 4.15. The van der Waals surface area contributed by atoms with Crippen LogP contribution in [0, 0.1) is 12.8 Å². The number of carbonyl (C=O) groups excluding carboxylic acids is 1. The molecule has 5 nitrogen and oxygen atoms in total. The molecule has 1 unspecified atom stereocenters. The third kappa shape index (κ3) is 3.22. The number of imidazole rings is 1. The molecular formula is C23H31N3O2Si. The number of fused-ring (bicyclic) bond motifs is 3. The van der Waals surface area contributed by atoms with Crippen molar-refractivity contribution in [3.63, 3.8) is 0 Å². The Kier molecular flexibility index (Phi) is 4.70. The van der Waals surface area contributed by atoms with Gasteiger partial charge in [-0.05, 0) is 37.0 Å². The van der Waals surface area contributed by atoms with Crippen LogP contribution in [-0.2, 0) is 21.4 Å². The van der Waals surface area contributed by atoms with Crippen molar-refractivity contribution >= 4 is 19.8 Å². The summed E-state index contributed by atoms with van der Waals surface area (Å²) in [5.41, 5.74) is 1.71. The largest absolute Gasteiger partial charge is 0.399 e. The highest BCUT2D eigenvalue weighted by molar-refractivity contribution is 6.74. The molecule has 1 aromatic carbocycles. The quantitative estimate of drug-likeness (QED) is 0.701. The maximum Gasteiger partial charge on any atom is 0.193 e. The Hall–Kier alpha value is -2.05. The first kappa shape index (κ1) is 20.2. The standard InChI is InChI=1S/C23H31N3O2Si/c1-16-14-26-13-12-18-19(21(26)25-16)24-15-23(20(18)27,17-10-8-7-9-11-17)28-29(5,6)22(2,3)4/h7-11,14,18H,12-13,15H2,1-6H3/t18?,23-/m0/s1. The molecule has 0 bridgehead atoms. The van der Waals surface area contributed by atoms with Gasteiger partial charge in [0.1, 0.15) is 0 Å². The molecule has 4 rings (SSSR count).